The fraction of sp³-hybridized carbons (Fsp3) is 0.409. The summed E-state index contributed by atoms with van der Waals surface area (Å²) in [6.07, 6.45) is 7.36. The van der Waals surface area contributed by atoms with E-state index >= 15 is 0 Å². The van der Waals surface area contributed by atoms with Gasteiger partial charge in [-0.25, -0.2) is 12.8 Å². The average Bonchev–Trinajstić information content (AvgIpc) is 3.47. The van der Waals surface area contributed by atoms with E-state index in [9.17, 15) is 12.8 Å². The molecule has 1 aromatic carbocycles. The summed E-state index contributed by atoms with van der Waals surface area (Å²) in [5, 5.41) is 6.68. The van der Waals surface area contributed by atoms with E-state index < -0.39 is 10.0 Å². The van der Waals surface area contributed by atoms with Crippen molar-refractivity contribution >= 4 is 27.0 Å². The van der Waals surface area contributed by atoms with Gasteiger partial charge < -0.3 is 0 Å². The Hall–Kier alpha value is -2.19. The summed E-state index contributed by atoms with van der Waals surface area (Å²) < 4.78 is 45.1. The number of benzene rings is 1. The van der Waals surface area contributed by atoms with E-state index in [2.05, 4.69) is 0 Å². The van der Waals surface area contributed by atoms with Crippen LogP contribution in [0.3, 0.4) is 0 Å². The highest BCUT2D eigenvalue weighted by Gasteiger charge is 2.37. The lowest BCUT2D eigenvalue weighted by Gasteiger charge is -2.35. The van der Waals surface area contributed by atoms with Gasteiger partial charge in [-0.15, -0.1) is 11.3 Å². The van der Waals surface area contributed by atoms with E-state index in [1.54, 1.807) is 12.3 Å². The predicted octanol–water partition coefficient (Wildman–Crippen LogP) is 5.40. The maximum Gasteiger partial charge on any atom is 0.268 e. The number of fused-ring (bicyclic) bond motifs is 1. The van der Waals surface area contributed by atoms with Gasteiger partial charge in [-0.2, -0.15) is 5.10 Å². The highest BCUT2D eigenvalue weighted by Crippen LogP contribution is 2.40. The summed E-state index contributed by atoms with van der Waals surface area (Å²) in [4.78, 5) is 1.08. The number of hydrogen-bond donors (Lipinski definition) is 0. The Morgan fingerprint density at radius 2 is 1.97 bits per heavy atom. The van der Waals surface area contributed by atoms with Crippen molar-refractivity contribution in [3.05, 3.63) is 53.3 Å². The van der Waals surface area contributed by atoms with Gasteiger partial charge in [0, 0.05) is 12.2 Å². The van der Waals surface area contributed by atoms with E-state index in [0.29, 0.717) is 24.2 Å². The first-order valence-corrected chi connectivity index (χ1v) is 12.7. The van der Waals surface area contributed by atoms with Crippen LogP contribution in [0, 0.1) is 5.82 Å². The molecule has 1 aliphatic carbocycles. The van der Waals surface area contributed by atoms with Gasteiger partial charge >= 0.3 is 0 Å². The molecule has 3 heterocycles. The monoisotopic (exact) mass is 445 g/mol. The third-order valence-electron chi connectivity index (χ3n) is 6.20. The third kappa shape index (κ3) is 3.26. The summed E-state index contributed by atoms with van der Waals surface area (Å²) in [6, 6.07) is 8.23. The number of aromatic nitrogens is 2. The van der Waals surface area contributed by atoms with Crippen molar-refractivity contribution in [3.63, 3.8) is 0 Å². The van der Waals surface area contributed by atoms with Crippen molar-refractivity contribution in [3.8, 4) is 10.6 Å². The first-order valence-electron chi connectivity index (χ1n) is 10.4. The Balaban J connectivity index is 1.66. The highest BCUT2D eigenvalue weighted by molar-refractivity contribution is 7.93. The van der Waals surface area contributed by atoms with Gasteiger partial charge in [0.2, 0.25) is 0 Å². The maximum atomic E-state index is 14.0. The summed E-state index contributed by atoms with van der Waals surface area (Å²) in [7, 11) is -3.87. The van der Waals surface area contributed by atoms with Crippen molar-refractivity contribution in [2.75, 3.05) is 4.31 Å². The second-order valence-corrected chi connectivity index (χ2v) is 10.9. The van der Waals surface area contributed by atoms with Gasteiger partial charge in [0.1, 0.15) is 16.4 Å². The van der Waals surface area contributed by atoms with Crippen molar-refractivity contribution in [1.82, 2.24) is 9.78 Å². The number of halogens is 1. The first kappa shape index (κ1) is 19.8. The van der Waals surface area contributed by atoms with Crippen LogP contribution in [0.1, 0.15) is 50.6 Å². The molecule has 5 rings (SSSR count). The van der Waals surface area contributed by atoms with Gasteiger partial charge in [-0.05, 0) is 67.8 Å². The largest absolute Gasteiger partial charge is 0.268 e. The van der Waals surface area contributed by atoms with E-state index in [4.69, 9.17) is 5.10 Å². The fourth-order valence-electron chi connectivity index (χ4n) is 4.66. The lowest BCUT2D eigenvalue weighted by atomic mass is 9.99. The first-order chi connectivity index (χ1) is 14.4. The van der Waals surface area contributed by atoms with Crippen molar-refractivity contribution < 1.29 is 12.8 Å². The molecule has 1 saturated carbocycles. The summed E-state index contributed by atoms with van der Waals surface area (Å²) in [5.74, 6) is -0.339. The van der Waals surface area contributed by atoms with Crippen LogP contribution in [0.4, 0.5) is 10.1 Å². The van der Waals surface area contributed by atoms with Crippen LogP contribution in [0.15, 0.2) is 46.8 Å². The topological polar surface area (TPSA) is 55.2 Å². The predicted molar refractivity (Wildman–Crippen MR) is 117 cm³/mol. The molecule has 2 aliphatic rings. The summed E-state index contributed by atoms with van der Waals surface area (Å²) in [6.45, 7) is 1.91. The quantitative estimate of drug-likeness (QED) is 0.541. The van der Waals surface area contributed by atoms with Crippen molar-refractivity contribution in [2.24, 2.45) is 0 Å². The Bertz CT molecular complexity index is 1170. The second kappa shape index (κ2) is 7.50. The number of nitrogens with zero attached hydrogens (tertiary/aromatic N) is 3. The molecule has 1 aliphatic heterocycles. The Kier molecular flexibility index (Phi) is 4.94. The molecule has 0 radical (unpaired) electrons. The minimum Gasteiger partial charge on any atom is -0.268 e. The number of sulfonamides is 1. The molecular formula is C22H24FN3O2S2. The molecule has 1 atom stereocenters. The lowest BCUT2D eigenvalue weighted by molar-refractivity contribution is 0.467. The molecule has 0 saturated heterocycles. The van der Waals surface area contributed by atoms with E-state index in [-0.39, 0.29) is 22.8 Å². The number of aryl methyl sites for hydroxylation is 1. The highest BCUT2D eigenvalue weighted by atomic mass is 32.2. The Labute approximate surface area is 180 Å². The Morgan fingerprint density at radius 1 is 1.17 bits per heavy atom. The molecule has 1 unspecified atom stereocenters. The van der Waals surface area contributed by atoms with Crippen LogP contribution in [-0.2, 0) is 16.4 Å². The zero-order valence-electron chi connectivity index (χ0n) is 16.8. The minimum atomic E-state index is -3.87. The smallest absolute Gasteiger partial charge is 0.268 e. The number of thiophene rings is 1. The number of rotatable bonds is 4. The second-order valence-electron chi connectivity index (χ2n) is 8.20. The summed E-state index contributed by atoms with van der Waals surface area (Å²) in [5.41, 5.74) is 1.82. The van der Waals surface area contributed by atoms with Gasteiger partial charge in [-0.1, -0.05) is 18.9 Å². The van der Waals surface area contributed by atoms with Crippen LogP contribution >= 0.6 is 11.3 Å². The maximum absolute atomic E-state index is 14.0. The van der Waals surface area contributed by atoms with Gasteiger partial charge in [0.25, 0.3) is 10.0 Å². The lowest BCUT2D eigenvalue weighted by Crippen LogP contribution is -2.42. The molecule has 30 heavy (non-hydrogen) atoms. The number of anilines is 1. The Morgan fingerprint density at radius 3 is 2.70 bits per heavy atom. The molecule has 5 nitrogen and oxygen atoms in total. The molecule has 0 bridgehead atoms. The summed E-state index contributed by atoms with van der Waals surface area (Å²) >= 11 is 1.49. The van der Waals surface area contributed by atoms with Gasteiger partial charge in [-0.3, -0.25) is 8.99 Å². The molecular weight excluding hydrogens is 421 g/mol. The molecule has 0 spiro atoms. The normalized spacial score (nSPS) is 19.9. The van der Waals surface area contributed by atoms with Crippen molar-refractivity contribution in [2.45, 2.75) is 62.4 Å². The fourth-order valence-corrected chi connectivity index (χ4v) is 7.32. The van der Waals surface area contributed by atoms with E-state index in [1.807, 2.05) is 29.1 Å². The van der Waals surface area contributed by atoms with Crippen LogP contribution in [0.25, 0.3) is 10.6 Å². The van der Waals surface area contributed by atoms with Gasteiger partial charge in [0.15, 0.2) is 0 Å². The zero-order chi connectivity index (χ0) is 20.9. The van der Waals surface area contributed by atoms with Crippen LogP contribution in [0.5, 0.6) is 0 Å². The van der Waals surface area contributed by atoms with Crippen LogP contribution in [-0.4, -0.2) is 24.2 Å². The molecule has 8 heteroatoms. The minimum absolute atomic E-state index is 0.209. The van der Waals surface area contributed by atoms with E-state index in [1.165, 1.54) is 27.8 Å². The zero-order valence-corrected chi connectivity index (χ0v) is 18.4. The third-order valence-corrected chi connectivity index (χ3v) is 9.01. The SMILES string of the molecule is CC1CCc2cc(F)ccc2N1S(=O)(=O)c1cn(C2CCCC2)nc1-c1cccs1. The standard InChI is InChI=1S/C22H24FN3O2S2/c1-15-8-9-16-13-17(23)10-11-19(16)26(15)30(27,28)21-14-25(18-5-2-3-6-18)24-22(21)20-7-4-12-29-20/h4,7,10-15,18H,2-3,5-6,8-9H2,1H3. The van der Waals surface area contributed by atoms with Crippen LogP contribution in [0.2, 0.25) is 0 Å². The number of hydrogen-bond acceptors (Lipinski definition) is 4. The van der Waals surface area contributed by atoms with Gasteiger partial charge in [0.05, 0.1) is 16.6 Å². The molecule has 0 N–H and O–H groups in total. The molecule has 3 aromatic rings. The molecule has 0 amide bonds. The van der Waals surface area contributed by atoms with E-state index in [0.717, 1.165) is 36.1 Å². The van der Waals surface area contributed by atoms with Crippen molar-refractivity contribution in [1.29, 1.82) is 0 Å². The molecule has 1 fully saturated rings. The van der Waals surface area contributed by atoms with Crippen LogP contribution < -0.4 is 4.31 Å². The molecule has 2 aromatic heterocycles. The average molecular weight is 446 g/mol. The molecule has 158 valence electrons.